The van der Waals surface area contributed by atoms with E-state index in [0.29, 0.717) is 32.7 Å². The molecule has 3 fully saturated rings. The van der Waals surface area contributed by atoms with Crippen LogP contribution in [0.25, 0.3) is 0 Å². The highest BCUT2D eigenvalue weighted by atomic mass is 16.7. The molecule has 1 N–H and O–H groups in total. The van der Waals surface area contributed by atoms with E-state index < -0.39 is 12.2 Å². The van der Waals surface area contributed by atoms with Gasteiger partial charge in [-0.3, -0.25) is 4.79 Å². The van der Waals surface area contributed by atoms with Crippen LogP contribution in [-0.4, -0.2) is 85.6 Å². The van der Waals surface area contributed by atoms with Gasteiger partial charge in [0.2, 0.25) is 5.91 Å². The van der Waals surface area contributed by atoms with Gasteiger partial charge in [0, 0.05) is 38.4 Å². The van der Waals surface area contributed by atoms with Gasteiger partial charge < -0.3 is 33.9 Å². The summed E-state index contributed by atoms with van der Waals surface area (Å²) in [6.45, 7) is 14.5. The number of hydrogen-bond donors (Lipinski definition) is 1. The molecule has 9 nitrogen and oxygen atoms in total. The molecule has 3 aliphatic heterocycles. The Morgan fingerprint density at radius 1 is 1.16 bits per heavy atom. The third-order valence-corrected chi connectivity index (χ3v) is 6.69. The van der Waals surface area contributed by atoms with Crippen LogP contribution in [0.5, 0.6) is 0 Å². The van der Waals surface area contributed by atoms with E-state index in [-0.39, 0.29) is 35.5 Å². The van der Waals surface area contributed by atoms with Crippen LogP contribution in [0.3, 0.4) is 0 Å². The molecular formula is C28H44N2O7. The van der Waals surface area contributed by atoms with Crippen LogP contribution in [0.1, 0.15) is 60.8 Å². The van der Waals surface area contributed by atoms with Crippen molar-refractivity contribution in [2.45, 2.75) is 96.5 Å². The predicted molar refractivity (Wildman–Crippen MR) is 140 cm³/mol. The first-order valence-electron chi connectivity index (χ1n) is 13.4. The normalized spacial score (nSPS) is 30.4. The third kappa shape index (κ3) is 9.56. The van der Waals surface area contributed by atoms with E-state index in [1.165, 1.54) is 6.08 Å². The SMILES string of the molecule is CCN(CC)C(=O)O[C@@H](C)/C=C\C(=O)N[C@H]1CO[C@@H](C/C=C(C)/C=C/[C@@H]2C[C@]3(CO3)CC(C)(C)O2)OC1. The molecule has 2 amide bonds. The summed E-state index contributed by atoms with van der Waals surface area (Å²) < 4.78 is 28.8. The lowest BCUT2D eigenvalue weighted by Gasteiger charge is -2.38. The van der Waals surface area contributed by atoms with Crippen molar-refractivity contribution in [2.24, 2.45) is 0 Å². The maximum absolute atomic E-state index is 12.2. The number of epoxide rings is 1. The Kier molecular flexibility index (Phi) is 10.3. The highest BCUT2D eigenvalue weighted by molar-refractivity contribution is 5.87. The van der Waals surface area contributed by atoms with E-state index in [1.54, 1.807) is 17.9 Å². The number of amides is 2. The Bertz CT molecular complexity index is 860. The maximum Gasteiger partial charge on any atom is 0.410 e. The van der Waals surface area contributed by atoms with Crippen molar-refractivity contribution in [3.8, 4) is 0 Å². The Hall–Kier alpha value is -2.20. The smallest absolute Gasteiger partial charge is 0.410 e. The molecule has 3 saturated heterocycles. The summed E-state index contributed by atoms with van der Waals surface area (Å²) >= 11 is 0. The van der Waals surface area contributed by atoms with Crippen LogP contribution >= 0.6 is 0 Å². The number of nitrogens with one attached hydrogen (secondary N) is 1. The predicted octanol–water partition coefficient (Wildman–Crippen LogP) is 3.89. The fraction of sp³-hybridized carbons (Fsp3) is 0.714. The van der Waals surface area contributed by atoms with Crippen molar-refractivity contribution in [3.05, 3.63) is 36.0 Å². The van der Waals surface area contributed by atoms with Crippen molar-refractivity contribution in [3.63, 3.8) is 0 Å². The van der Waals surface area contributed by atoms with E-state index in [1.807, 2.05) is 20.8 Å². The number of carbonyl (C=O) groups excluding carboxylic acids is 2. The highest BCUT2D eigenvalue weighted by Crippen LogP contribution is 2.46. The summed E-state index contributed by atoms with van der Waals surface area (Å²) in [5.41, 5.74) is 0.945. The second-order valence-electron chi connectivity index (χ2n) is 10.7. The van der Waals surface area contributed by atoms with Crippen molar-refractivity contribution in [2.75, 3.05) is 32.9 Å². The molecule has 3 atom stereocenters. The largest absolute Gasteiger partial charge is 0.442 e. The lowest BCUT2D eigenvalue weighted by molar-refractivity contribution is -0.187. The number of nitrogens with zero attached hydrogens (tertiary/aromatic N) is 1. The lowest BCUT2D eigenvalue weighted by Crippen LogP contribution is -2.46. The summed E-state index contributed by atoms with van der Waals surface area (Å²) in [5.74, 6) is -0.284. The van der Waals surface area contributed by atoms with Gasteiger partial charge in [-0.25, -0.2) is 4.79 Å². The molecule has 0 unspecified atom stereocenters. The second-order valence-corrected chi connectivity index (χ2v) is 10.7. The molecule has 0 saturated carbocycles. The zero-order valence-electron chi connectivity index (χ0n) is 23.2. The van der Waals surface area contributed by atoms with E-state index >= 15 is 0 Å². The molecule has 37 heavy (non-hydrogen) atoms. The Morgan fingerprint density at radius 3 is 2.46 bits per heavy atom. The molecule has 0 radical (unpaired) electrons. The Morgan fingerprint density at radius 2 is 1.84 bits per heavy atom. The molecule has 0 aromatic rings. The van der Waals surface area contributed by atoms with Crippen LogP contribution in [-0.2, 0) is 28.5 Å². The number of allylic oxidation sites excluding steroid dienone is 2. The minimum atomic E-state index is -0.509. The van der Waals surface area contributed by atoms with Crippen molar-refractivity contribution in [1.29, 1.82) is 0 Å². The van der Waals surface area contributed by atoms with Crippen LogP contribution in [0.4, 0.5) is 4.79 Å². The van der Waals surface area contributed by atoms with Gasteiger partial charge in [0.05, 0.1) is 43.2 Å². The van der Waals surface area contributed by atoms with Crippen LogP contribution in [0.2, 0.25) is 0 Å². The van der Waals surface area contributed by atoms with Gasteiger partial charge in [-0.2, -0.15) is 0 Å². The lowest BCUT2D eigenvalue weighted by atomic mass is 9.85. The van der Waals surface area contributed by atoms with Crippen LogP contribution in [0, 0.1) is 0 Å². The molecule has 0 aliphatic carbocycles. The fourth-order valence-electron chi connectivity index (χ4n) is 4.74. The minimum absolute atomic E-state index is 0.0101. The fourth-order valence-corrected chi connectivity index (χ4v) is 4.74. The molecule has 208 valence electrons. The quantitative estimate of drug-likeness (QED) is 0.265. The zero-order chi connectivity index (χ0) is 27.1. The maximum atomic E-state index is 12.2. The van der Waals surface area contributed by atoms with Crippen molar-refractivity contribution >= 4 is 12.0 Å². The molecule has 0 aromatic heterocycles. The number of ether oxygens (including phenoxy) is 5. The Labute approximate surface area is 221 Å². The van der Waals surface area contributed by atoms with Crippen LogP contribution in [0.15, 0.2) is 36.0 Å². The first-order chi connectivity index (χ1) is 17.5. The van der Waals surface area contributed by atoms with Gasteiger partial charge in [-0.05, 0) is 47.6 Å². The molecule has 3 rings (SSSR count). The summed E-state index contributed by atoms with van der Waals surface area (Å²) in [7, 11) is 0. The van der Waals surface area contributed by atoms with Crippen LogP contribution < -0.4 is 5.32 Å². The average Bonchev–Trinajstić information content (AvgIpc) is 3.58. The van der Waals surface area contributed by atoms with E-state index in [2.05, 4.69) is 37.4 Å². The number of carbonyl (C=O) groups is 2. The monoisotopic (exact) mass is 520 g/mol. The Balaban J connectivity index is 1.34. The third-order valence-electron chi connectivity index (χ3n) is 6.69. The molecule has 0 aromatic carbocycles. The van der Waals surface area contributed by atoms with E-state index in [0.717, 1.165) is 25.0 Å². The zero-order valence-corrected chi connectivity index (χ0v) is 23.2. The van der Waals surface area contributed by atoms with Gasteiger partial charge in [0.25, 0.3) is 0 Å². The molecule has 0 bridgehead atoms. The van der Waals surface area contributed by atoms with Crippen molar-refractivity contribution < 1.29 is 33.3 Å². The van der Waals surface area contributed by atoms with Gasteiger partial charge in [0.1, 0.15) is 6.10 Å². The first kappa shape index (κ1) is 29.4. The standard InChI is InChI=1S/C28H44N2O7/c1-7-30(8-2)26(32)36-21(4)11-13-24(31)29-22-16-33-25(34-17-22)14-10-20(3)9-12-23-15-28(19-35-28)18-27(5,6)37-23/h9-13,21-23,25H,7-8,14-19H2,1-6H3,(H,29,31)/b12-9+,13-11-,20-10+/t21-,22-,23+,25+,28+/m0/s1. The summed E-state index contributed by atoms with van der Waals surface area (Å²) in [5, 5.41) is 2.86. The molecule has 1 spiro atoms. The number of rotatable bonds is 10. The summed E-state index contributed by atoms with van der Waals surface area (Å²) in [6.07, 6.45) is 10.5. The first-order valence-corrected chi connectivity index (χ1v) is 13.4. The van der Waals surface area contributed by atoms with E-state index in [4.69, 9.17) is 23.7 Å². The summed E-state index contributed by atoms with van der Waals surface area (Å²) in [6, 6.07) is -0.240. The minimum Gasteiger partial charge on any atom is -0.442 e. The van der Waals surface area contributed by atoms with Crippen molar-refractivity contribution in [1.82, 2.24) is 10.2 Å². The number of hydrogen-bond acceptors (Lipinski definition) is 7. The second kappa shape index (κ2) is 13.0. The molecule has 9 heteroatoms. The van der Waals surface area contributed by atoms with Gasteiger partial charge in [-0.15, -0.1) is 0 Å². The topological polar surface area (TPSA) is 98.9 Å². The molecular weight excluding hydrogens is 476 g/mol. The van der Waals surface area contributed by atoms with Gasteiger partial charge in [0.15, 0.2) is 6.29 Å². The summed E-state index contributed by atoms with van der Waals surface area (Å²) in [4.78, 5) is 25.8. The van der Waals surface area contributed by atoms with Gasteiger partial charge >= 0.3 is 6.09 Å². The molecule has 3 aliphatic rings. The van der Waals surface area contributed by atoms with E-state index in [9.17, 15) is 9.59 Å². The molecule has 3 heterocycles. The highest BCUT2D eigenvalue weighted by Gasteiger charge is 2.53. The van der Waals surface area contributed by atoms with Gasteiger partial charge in [-0.1, -0.05) is 23.8 Å². The average molecular weight is 521 g/mol.